The van der Waals surface area contributed by atoms with Crippen LogP contribution in [0.3, 0.4) is 0 Å². The minimum absolute atomic E-state index is 0.628. The number of carboxylic acids is 1. The summed E-state index contributed by atoms with van der Waals surface area (Å²) in [6.07, 6.45) is 1.23. The second-order valence-corrected chi connectivity index (χ2v) is 5.14. The smallest absolute Gasteiger partial charge is 0.328 e. The molecule has 0 radical (unpaired) electrons. The number of aryl methyl sites for hydroxylation is 2. The number of rotatable bonds is 3. The van der Waals surface area contributed by atoms with Crippen LogP contribution in [0.2, 0.25) is 5.02 Å². The molecule has 0 aliphatic rings. The highest BCUT2D eigenvalue weighted by molar-refractivity contribution is 6.30. The summed E-state index contributed by atoms with van der Waals surface area (Å²) in [5.74, 6) is -0.965. The molecule has 0 aromatic heterocycles. The number of hydrogen-bond donors (Lipinski definition) is 1. The highest BCUT2D eigenvalue weighted by atomic mass is 35.5. The molecule has 0 aliphatic carbocycles. The van der Waals surface area contributed by atoms with Crippen LogP contribution >= 0.6 is 11.6 Å². The lowest BCUT2D eigenvalue weighted by molar-refractivity contribution is -0.131. The van der Waals surface area contributed by atoms with E-state index in [1.54, 1.807) is 12.1 Å². The summed E-state index contributed by atoms with van der Waals surface area (Å²) in [5.41, 5.74) is 4.71. The van der Waals surface area contributed by atoms with Crippen molar-refractivity contribution in [3.8, 4) is 0 Å². The van der Waals surface area contributed by atoms with Gasteiger partial charge in [0.25, 0.3) is 0 Å². The fraction of sp³-hybridized carbons (Fsp3) is 0.118. The molecule has 0 fully saturated rings. The third kappa shape index (κ3) is 3.28. The van der Waals surface area contributed by atoms with Crippen LogP contribution in [0.15, 0.2) is 48.5 Å². The molecule has 0 atom stereocenters. The van der Waals surface area contributed by atoms with Crippen molar-refractivity contribution in [2.75, 3.05) is 0 Å². The van der Waals surface area contributed by atoms with E-state index < -0.39 is 5.97 Å². The molecule has 0 amide bonds. The number of hydrogen-bond acceptors (Lipinski definition) is 1. The van der Waals surface area contributed by atoms with E-state index in [1.165, 1.54) is 11.6 Å². The van der Waals surface area contributed by atoms with E-state index in [0.29, 0.717) is 10.6 Å². The molecule has 0 bridgehead atoms. The van der Waals surface area contributed by atoms with E-state index >= 15 is 0 Å². The fourth-order valence-corrected chi connectivity index (χ4v) is 2.12. The van der Waals surface area contributed by atoms with Crippen LogP contribution in [-0.2, 0) is 4.79 Å². The van der Waals surface area contributed by atoms with E-state index in [-0.39, 0.29) is 0 Å². The third-order valence-corrected chi connectivity index (χ3v) is 3.49. The van der Waals surface area contributed by atoms with Crippen LogP contribution in [0.4, 0.5) is 0 Å². The molecular formula is C17H15ClO2. The Kier molecular flexibility index (Phi) is 4.26. The lowest BCUT2D eigenvalue weighted by Gasteiger charge is -2.10. The Morgan fingerprint density at radius 3 is 2.15 bits per heavy atom. The maximum absolute atomic E-state index is 11.1. The molecule has 2 rings (SSSR count). The standard InChI is InChI=1S/C17H15ClO2/c1-11-3-4-14(9-12(11)2)16(10-17(19)20)13-5-7-15(18)8-6-13/h3-10H,1-2H3,(H,19,20)/b16-10-. The van der Waals surface area contributed by atoms with Gasteiger partial charge in [0.2, 0.25) is 0 Å². The molecule has 0 saturated carbocycles. The van der Waals surface area contributed by atoms with Gasteiger partial charge in [-0.3, -0.25) is 0 Å². The Hall–Kier alpha value is -2.06. The molecule has 0 saturated heterocycles. The van der Waals surface area contributed by atoms with Gasteiger partial charge >= 0.3 is 5.97 Å². The maximum atomic E-state index is 11.1. The van der Waals surface area contributed by atoms with Gasteiger partial charge in [0, 0.05) is 11.1 Å². The molecule has 0 unspecified atom stereocenters. The van der Waals surface area contributed by atoms with Crippen molar-refractivity contribution in [1.82, 2.24) is 0 Å². The van der Waals surface area contributed by atoms with Crippen LogP contribution in [0.5, 0.6) is 0 Å². The SMILES string of the molecule is Cc1ccc(/C(=C\C(=O)O)c2ccc(Cl)cc2)cc1C. The van der Waals surface area contributed by atoms with Crippen LogP contribution in [-0.4, -0.2) is 11.1 Å². The van der Waals surface area contributed by atoms with Gasteiger partial charge in [0.1, 0.15) is 0 Å². The van der Waals surface area contributed by atoms with Gasteiger partial charge in [-0.05, 0) is 53.8 Å². The van der Waals surface area contributed by atoms with E-state index in [4.69, 9.17) is 16.7 Å². The molecule has 20 heavy (non-hydrogen) atoms. The molecular weight excluding hydrogens is 272 g/mol. The average Bonchev–Trinajstić information content (AvgIpc) is 2.40. The Morgan fingerprint density at radius 1 is 1.00 bits per heavy atom. The van der Waals surface area contributed by atoms with Crippen molar-refractivity contribution in [2.45, 2.75) is 13.8 Å². The van der Waals surface area contributed by atoms with Crippen molar-refractivity contribution in [3.63, 3.8) is 0 Å². The number of carbonyl (C=O) groups is 1. The largest absolute Gasteiger partial charge is 0.478 e. The molecule has 0 spiro atoms. The van der Waals surface area contributed by atoms with Crippen molar-refractivity contribution >= 4 is 23.1 Å². The first-order valence-corrected chi connectivity index (χ1v) is 6.63. The normalized spacial score (nSPS) is 11.4. The summed E-state index contributed by atoms with van der Waals surface area (Å²) in [4.78, 5) is 11.1. The predicted octanol–water partition coefficient (Wildman–Crippen LogP) is 4.47. The Balaban J connectivity index is 2.56. The van der Waals surface area contributed by atoms with Crippen LogP contribution < -0.4 is 0 Å². The first-order valence-electron chi connectivity index (χ1n) is 6.25. The van der Waals surface area contributed by atoms with Gasteiger partial charge in [0.15, 0.2) is 0 Å². The highest BCUT2D eigenvalue weighted by Gasteiger charge is 2.08. The van der Waals surface area contributed by atoms with Crippen molar-refractivity contribution in [3.05, 3.63) is 75.8 Å². The van der Waals surface area contributed by atoms with Crippen molar-refractivity contribution in [1.29, 1.82) is 0 Å². The zero-order valence-electron chi connectivity index (χ0n) is 11.4. The number of carboxylic acid groups (broad SMARTS) is 1. The fourth-order valence-electron chi connectivity index (χ4n) is 2.00. The van der Waals surface area contributed by atoms with Gasteiger partial charge in [0.05, 0.1) is 0 Å². The summed E-state index contributed by atoms with van der Waals surface area (Å²) in [6, 6.07) is 13.1. The van der Waals surface area contributed by atoms with Gasteiger partial charge < -0.3 is 5.11 Å². The maximum Gasteiger partial charge on any atom is 0.328 e. The minimum atomic E-state index is -0.965. The minimum Gasteiger partial charge on any atom is -0.478 e. The van der Waals surface area contributed by atoms with Crippen molar-refractivity contribution < 1.29 is 9.90 Å². The third-order valence-electron chi connectivity index (χ3n) is 3.24. The number of aliphatic carboxylic acids is 1. The molecule has 2 aromatic rings. The van der Waals surface area contributed by atoms with Crippen LogP contribution in [0, 0.1) is 13.8 Å². The zero-order chi connectivity index (χ0) is 14.7. The monoisotopic (exact) mass is 286 g/mol. The zero-order valence-corrected chi connectivity index (χ0v) is 12.1. The lowest BCUT2D eigenvalue weighted by atomic mass is 9.95. The van der Waals surface area contributed by atoms with Gasteiger partial charge in [-0.1, -0.05) is 41.9 Å². The van der Waals surface area contributed by atoms with E-state index in [9.17, 15) is 4.79 Å². The first-order chi connectivity index (χ1) is 9.47. The van der Waals surface area contributed by atoms with Gasteiger partial charge in [-0.15, -0.1) is 0 Å². The topological polar surface area (TPSA) is 37.3 Å². The molecule has 1 N–H and O–H groups in total. The summed E-state index contributed by atoms with van der Waals surface area (Å²) in [6.45, 7) is 4.04. The Bertz CT molecular complexity index is 670. The van der Waals surface area contributed by atoms with Crippen LogP contribution in [0.1, 0.15) is 22.3 Å². The molecule has 2 nitrogen and oxygen atoms in total. The lowest BCUT2D eigenvalue weighted by Crippen LogP contribution is -1.96. The summed E-state index contributed by atoms with van der Waals surface area (Å²) in [5, 5.41) is 9.71. The summed E-state index contributed by atoms with van der Waals surface area (Å²) in [7, 11) is 0. The highest BCUT2D eigenvalue weighted by Crippen LogP contribution is 2.26. The quantitative estimate of drug-likeness (QED) is 0.845. The summed E-state index contributed by atoms with van der Waals surface area (Å²) >= 11 is 5.88. The van der Waals surface area contributed by atoms with E-state index in [0.717, 1.165) is 16.7 Å². The van der Waals surface area contributed by atoms with Gasteiger partial charge in [-0.25, -0.2) is 4.79 Å². The Labute approximate surface area is 123 Å². The molecule has 3 heteroatoms. The predicted molar refractivity (Wildman–Crippen MR) is 82.1 cm³/mol. The van der Waals surface area contributed by atoms with Gasteiger partial charge in [-0.2, -0.15) is 0 Å². The second kappa shape index (κ2) is 5.93. The number of halogens is 1. The summed E-state index contributed by atoms with van der Waals surface area (Å²) < 4.78 is 0. The first kappa shape index (κ1) is 14.4. The Morgan fingerprint density at radius 2 is 1.60 bits per heavy atom. The number of benzene rings is 2. The molecule has 0 heterocycles. The van der Waals surface area contributed by atoms with E-state index in [2.05, 4.69) is 0 Å². The second-order valence-electron chi connectivity index (χ2n) is 4.70. The molecule has 0 aliphatic heterocycles. The average molecular weight is 287 g/mol. The van der Waals surface area contributed by atoms with E-state index in [1.807, 2.05) is 44.2 Å². The van der Waals surface area contributed by atoms with Crippen molar-refractivity contribution in [2.24, 2.45) is 0 Å². The molecule has 102 valence electrons. The van der Waals surface area contributed by atoms with Crippen LogP contribution in [0.25, 0.3) is 5.57 Å². The molecule has 2 aromatic carbocycles.